The average molecular weight is 444 g/mol. The highest BCUT2D eigenvalue weighted by atomic mass is 32.2. The van der Waals surface area contributed by atoms with Crippen LogP contribution in [0.2, 0.25) is 0 Å². The van der Waals surface area contributed by atoms with Crippen molar-refractivity contribution in [2.45, 2.75) is 50.0 Å². The molecule has 0 unspecified atom stereocenters. The Morgan fingerprint density at radius 3 is 2.39 bits per heavy atom. The fourth-order valence-corrected chi connectivity index (χ4v) is 4.76. The van der Waals surface area contributed by atoms with E-state index in [1.807, 2.05) is 0 Å². The van der Waals surface area contributed by atoms with Crippen LogP contribution in [0.5, 0.6) is 0 Å². The molecule has 166 valence electrons. The number of carbonyl (C=O) groups is 1. The van der Waals surface area contributed by atoms with Gasteiger partial charge in [0.2, 0.25) is 0 Å². The van der Waals surface area contributed by atoms with Crippen LogP contribution < -0.4 is 10.2 Å². The molecule has 8 heteroatoms. The molecule has 2 heterocycles. The van der Waals surface area contributed by atoms with Gasteiger partial charge >= 0.3 is 0 Å². The molecule has 7 nitrogen and oxygen atoms in total. The van der Waals surface area contributed by atoms with Crippen molar-refractivity contribution in [1.29, 1.82) is 0 Å². The van der Waals surface area contributed by atoms with Gasteiger partial charge in [-0.05, 0) is 75.3 Å². The zero-order valence-electron chi connectivity index (χ0n) is 18.2. The molecule has 1 aromatic carbocycles. The molecule has 2 aromatic rings. The highest BCUT2D eigenvalue weighted by Gasteiger charge is 2.44. The number of piperidine rings is 1. The first-order valence-corrected chi connectivity index (χ1v) is 12.5. The van der Waals surface area contributed by atoms with Gasteiger partial charge in [-0.2, -0.15) is 0 Å². The normalized spacial score (nSPS) is 18.1. The molecule has 1 amide bonds. The Bertz CT molecular complexity index is 1110. The van der Waals surface area contributed by atoms with Crippen LogP contribution >= 0.6 is 0 Å². The maximum Gasteiger partial charge on any atom is 0.258 e. The predicted octanol–water partition coefficient (Wildman–Crippen LogP) is 3.35. The molecule has 1 aliphatic heterocycles. The molecule has 2 N–H and O–H groups in total. The van der Waals surface area contributed by atoms with Gasteiger partial charge in [-0.3, -0.25) is 4.79 Å². The maximum absolute atomic E-state index is 13.1. The van der Waals surface area contributed by atoms with E-state index in [0.29, 0.717) is 28.2 Å². The average Bonchev–Trinajstić information content (AvgIpc) is 3.46. The van der Waals surface area contributed by atoms with Crippen LogP contribution in [-0.2, 0) is 15.4 Å². The number of hydrogen-bond acceptors (Lipinski definition) is 6. The second-order valence-electron chi connectivity index (χ2n) is 9.36. The largest absolute Gasteiger partial charge is 0.384 e. The Hall–Kier alpha value is -2.45. The Morgan fingerprint density at radius 2 is 1.81 bits per heavy atom. The summed E-state index contributed by atoms with van der Waals surface area (Å²) in [5.74, 6) is -0.0273. The van der Waals surface area contributed by atoms with Crippen molar-refractivity contribution in [3.63, 3.8) is 0 Å². The number of anilines is 2. The lowest BCUT2D eigenvalue weighted by molar-refractivity contribution is 0.0739. The number of carbonyl (C=O) groups excluding carboxylic acids is 1. The SMILES string of the molecule is CC(C)(O)c1cccc(NC(=O)c2ccc(S(C)(=O)=O)cc2N2CCC3(CC2)CC3)n1. The number of amides is 1. The lowest BCUT2D eigenvalue weighted by Crippen LogP contribution is -2.35. The Kier molecular flexibility index (Phi) is 5.34. The Balaban J connectivity index is 1.64. The summed E-state index contributed by atoms with van der Waals surface area (Å²) >= 11 is 0. The molecular weight excluding hydrogens is 414 g/mol. The van der Waals surface area contributed by atoms with Crippen molar-refractivity contribution in [1.82, 2.24) is 4.98 Å². The van der Waals surface area contributed by atoms with Gasteiger partial charge < -0.3 is 15.3 Å². The summed E-state index contributed by atoms with van der Waals surface area (Å²) < 4.78 is 24.3. The van der Waals surface area contributed by atoms with Gasteiger partial charge in [0.05, 0.1) is 21.8 Å². The van der Waals surface area contributed by atoms with Gasteiger partial charge in [0.25, 0.3) is 5.91 Å². The molecule has 1 saturated heterocycles. The van der Waals surface area contributed by atoms with Crippen molar-refractivity contribution in [3.8, 4) is 0 Å². The highest BCUT2D eigenvalue weighted by molar-refractivity contribution is 7.90. The number of aromatic nitrogens is 1. The van der Waals surface area contributed by atoms with E-state index in [1.54, 1.807) is 44.2 Å². The van der Waals surface area contributed by atoms with Crippen LogP contribution in [0.4, 0.5) is 11.5 Å². The number of nitrogens with one attached hydrogen (secondary N) is 1. The van der Waals surface area contributed by atoms with Gasteiger partial charge in [0.1, 0.15) is 11.4 Å². The van der Waals surface area contributed by atoms with Crippen molar-refractivity contribution < 1.29 is 18.3 Å². The molecule has 0 atom stereocenters. The predicted molar refractivity (Wildman–Crippen MR) is 120 cm³/mol. The lowest BCUT2D eigenvalue weighted by Gasteiger charge is -2.35. The molecule has 1 saturated carbocycles. The molecule has 0 radical (unpaired) electrons. The Morgan fingerprint density at radius 1 is 1.13 bits per heavy atom. The second-order valence-corrected chi connectivity index (χ2v) is 11.4. The molecule has 1 aliphatic carbocycles. The molecule has 2 aliphatic rings. The second kappa shape index (κ2) is 7.60. The summed E-state index contributed by atoms with van der Waals surface area (Å²) in [5, 5.41) is 13.0. The zero-order valence-corrected chi connectivity index (χ0v) is 19.0. The smallest absolute Gasteiger partial charge is 0.258 e. The van der Waals surface area contributed by atoms with E-state index in [1.165, 1.54) is 25.2 Å². The molecular formula is C23H29N3O4S. The summed E-state index contributed by atoms with van der Waals surface area (Å²) in [7, 11) is -3.40. The molecule has 31 heavy (non-hydrogen) atoms. The van der Waals surface area contributed by atoms with E-state index in [0.717, 1.165) is 25.9 Å². The van der Waals surface area contributed by atoms with E-state index >= 15 is 0 Å². The Labute approximate surface area is 183 Å². The van der Waals surface area contributed by atoms with E-state index in [9.17, 15) is 18.3 Å². The van der Waals surface area contributed by atoms with Crippen molar-refractivity contribution in [3.05, 3.63) is 47.7 Å². The van der Waals surface area contributed by atoms with E-state index in [2.05, 4.69) is 15.2 Å². The van der Waals surface area contributed by atoms with E-state index in [-0.39, 0.29) is 10.8 Å². The van der Waals surface area contributed by atoms with Crippen LogP contribution in [0.1, 0.15) is 55.6 Å². The molecule has 4 rings (SSSR count). The molecule has 0 bridgehead atoms. The van der Waals surface area contributed by atoms with E-state index < -0.39 is 15.4 Å². The number of sulfone groups is 1. The minimum Gasteiger partial charge on any atom is -0.384 e. The number of pyridine rings is 1. The number of hydrogen-bond donors (Lipinski definition) is 2. The zero-order chi connectivity index (χ0) is 22.4. The summed E-state index contributed by atoms with van der Waals surface area (Å²) in [6, 6.07) is 9.74. The summed E-state index contributed by atoms with van der Waals surface area (Å²) in [5.41, 5.74) is 0.831. The summed E-state index contributed by atoms with van der Waals surface area (Å²) in [4.78, 5) is 19.8. The molecule has 1 aromatic heterocycles. The molecule has 2 fully saturated rings. The number of benzene rings is 1. The summed E-state index contributed by atoms with van der Waals surface area (Å²) in [6.45, 7) is 4.87. The first-order valence-electron chi connectivity index (χ1n) is 10.6. The summed E-state index contributed by atoms with van der Waals surface area (Å²) in [6.07, 6.45) is 5.83. The minimum atomic E-state index is -3.40. The van der Waals surface area contributed by atoms with E-state index in [4.69, 9.17) is 0 Å². The van der Waals surface area contributed by atoms with Gasteiger partial charge in [0.15, 0.2) is 9.84 Å². The third-order valence-corrected chi connectivity index (χ3v) is 7.49. The standard InChI is InChI=1S/C23H29N3O4S/c1-22(2,28)19-5-4-6-20(24-19)25-21(27)17-8-7-16(31(3,29)30)15-18(17)26-13-11-23(9-10-23)12-14-26/h4-8,15,28H,9-14H2,1-3H3,(H,24,25,27). The van der Waals surface area contributed by atoms with Crippen LogP contribution in [0.25, 0.3) is 0 Å². The van der Waals surface area contributed by atoms with Gasteiger partial charge in [-0.1, -0.05) is 6.07 Å². The monoisotopic (exact) mass is 443 g/mol. The van der Waals surface area contributed by atoms with Gasteiger partial charge in [-0.15, -0.1) is 0 Å². The van der Waals surface area contributed by atoms with Crippen molar-refractivity contribution in [2.75, 3.05) is 29.6 Å². The first kappa shape index (κ1) is 21.8. The van der Waals surface area contributed by atoms with Crippen LogP contribution in [-0.4, -0.2) is 43.8 Å². The maximum atomic E-state index is 13.1. The number of aliphatic hydroxyl groups is 1. The number of rotatable bonds is 5. The number of nitrogens with zero attached hydrogens (tertiary/aromatic N) is 2. The third-order valence-electron chi connectivity index (χ3n) is 6.38. The van der Waals surface area contributed by atoms with Crippen molar-refractivity contribution in [2.24, 2.45) is 5.41 Å². The van der Waals surface area contributed by atoms with Gasteiger partial charge in [0, 0.05) is 19.3 Å². The van der Waals surface area contributed by atoms with Crippen LogP contribution in [0.3, 0.4) is 0 Å². The first-order chi connectivity index (χ1) is 14.5. The van der Waals surface area contributed by atoms with Crippen LogP contribution in [0.15, 0.2) is 41.3 Å². The fourth-order valence-electron chi connectivity index (χ4n) is 4.12. The highest BCUT2D eigenvalue weighted by Crippen LogP contribution is 2.54. The molecule has 1 spiro atoms. The lowest BCUT2D eigenvalue weighted by atomic mass is 9.93. The van der Waals surface area contributed by atoms with Crippen LogP contribution in [0, 0.1) is 5.41 Å². The third kappa shape index (κ3) is 4.75. The van der Waals surface area contributed by atoms with Gasteiger partial charge in [-0.25, -0.2) is 13.4 Å². The minimum absolute atomic E-state index is 0.202. The van der Waals surface area contributed by atoms with Crippen molar-refractivity contribution >= 4 is 27.2 Å². The quantitative estimate of drug-likeness (QED) is 0.735. The topological polar surface area (TPSA) is 99.6 Å². The fraction of sp³-hybridized carbons (Fsp3) is 0.478.